The number of fused-ring (bicyclic) bond motifs is 2. The zero-order valence-corrected chi connectivity index (χ0v) is 19.0. The summed E-state index contributed by atoms with van der Waals surface area (Å²) in [5.74, 6) is -0.435. The first-order valence-electron chi connectivity index (χ1n) is 11.1. The van der Waals surface area contributed by atoms with Gasteiger partial charge >= 0.3 is 0 Å². The third-order valence-electron chi connectivity index (χ3n) is 5.86. The Labute approximate surface area is 191 Å². The minimum atomic E-state index is -0.435. The lowest BCUT2D eigenvalue weighted by Gasteiger charge is -2.13. The maximum atomic E-state index is 13.2. The molecule has 3 aromatic heterocycles. The lowest BCUT2D eigenvalue weighted by atomic mass is 10.1. The van der Waals surface area contributed by atoms with Gasteiger partial charge in [-0.1, -0.05) is 31.9 Å². The number of amides is 1. The van der Waals surface area contributed by atoms with Gasteiger partial charge in [-0.05, 0) is 61.7 Å². The van der Waals surface area contributed by atoms with Gasteiger partial charge in [0.2, 0.25) is 0 Å². The zero-order chi connectivity index (χ0) is 23.5. The van der Waals surface area contributed by atoms with Gasteiger partial charge in [0.1, 0.15) is 17.4 Å². The minimum Gasteiger partial charge on any atom is -0.309 e. The first-order chi connectivity index (χ1) is 15.9. The van der Waals surface area contributed by atoms with Crippen molar-refractivity contribution in [2.45, 2.75) is 46.6 Å². The molecule has 4 aromatic rings. The smallest absolute Gasteiger partial charge is 0.279 e. The van der Waals surface area contributed by atoms with Crippen molar-refractivity contribution in [1.29, 1.82) is 5.26 Å². The molecular weight excluding hydrogens is 414 g/mol. The monoisotopic (exact) mass is 439 g/mol. The summed E-state index contributed by atoms with van der Waals surface area (Å²) in [7, 11) is 0. The Morgan fingerprint density at radius 1 is 1.12 bits per heavy atom. The van der Waals surface area contributed by atoms with Gasteiger partial charge in [0, 0.05) is 18.3 Å². The van der Waals surface area contributed by atoms with Crippen LogP contribution in [-0.4, -0.2) is 19.9 Å². The highest BCUT2D eigenvalue weighted by Crippen LogP contribution is 2.13. The highest BCUT2D eigenvalue weighted by Gasteiger charge is 2.15. The summed E-state index contributed by atoms with van der Waals surface area (Å²) in [5, 5.41) is 10.2. The molecule has 0 bridgehead atoms. The third-order valence-corrected chi connectivity index (χ3v) is 5.86. The molecule has 0 saturated heterocycles. The van der Waals surface area contributed by atoms with Crippen LogP contribution in [0.4, 0.5) is 0 Å². The number of rotatable bonds is 5. The number of carbonyl (C=O) groups excluding carboxylic acids is 1. The molecule has 0 fully saturated rings. The van der Waals surface area contributed by atoms with Crippen LogP contribution in [0, 0.1) is 25.2 Å². The summed E-state index contributed by atoms with van der Waals surface area (Å²) in [5.41, 5.74) is 3.59. The van der Waals surface area contributed by atoms with Gasteiger partial charge in [0.15, 0.2) is 5.49 Å². The normalized spacial score (nSPS) is 11.8. The number of nitrogens with zero attached hydrogens (tertiary/aromatic N) is 5. The van der Waals surface area contributed by atoms with Crippen molar-refractivity contribution in [3.8, 4) is 6.07 Å². The summed E-state index contributed by atoms with van der Waals surface area (Å²) in [6.07, 6.45) is 4.42. The Bertz CT molecular complexity index is 1550. The van der Waals surface area contributed by atoms with Crippen LogP contribution in [0.15, 0.2) is 58.4 Å². The molecule has 0 saturated carbocycles. The number of aryl methyl sites for hydroxylation is 3. The first-order valence-corrected chi connectivity index (χ1v) is 11.1. The van der Waals surface area contributed by atoms with E-state index in [4.69, 9.17) is 4.98 Å². The van der Waals surface area contributed by atoms with E-state index in [0.29, 0.717) is 28.8 Å². The van der Waals surface area contributed by atoms with Crippen LogP contribution in [0.3, 0.4) is 0 Å². The van der Waals surface area contributed by atoms with Crippen molar-refractivity contribution < 1.29 is 4.79 Å². The van der Waals surface area contributed by atoms with Crippen LogP contribution in [0.25, 0.3) is 16.7 Å². The molecule has 7 nitrogen and oxygen atoms in total. The largest absolute Gasteiger partial charge is 0.309 e. The van der Waals surface area contributed by atoms with Gasteiger partial charge in [-0.3, -0.25) is 14.0 Å². The van der Waals surface area contributed by atoms with Crippen molar-refractivity contribution in [2.24, 2.45) is 4.99 Å². The highest BCUT2D eigenvalue weighted by atomic mass is 16.1. The summed E-state index contributed by atoms with van der Waals surface area (Å²) in [6, 6.07) is 14.4. The maximum absolute atomic E-state index is 13.2. The molecule has 0 atom stereocenters. The van der Waals surface area contributed by atoms with Gasteiger partial charge in [-0.25, -0.2) is 4.98 Å². The van der Waals surface area contributed by atoms with E-state index in [9.17, 15) is 14.9 Å². The molecule has 7 heteroatoms. The molecular formula is C26H25N5O2. The van der Waals surface area contributed by atoms with E-state index in [1.165, 1.54) is 10.5 Å². The van der Waals surface area contributed by atoms with Crippen LogP contribution in [0.2, 0.25) is 0 Å². The molecule has 0 aliphatic rings. The van der Waals surface area contributed by atoms with E-state index in [-0.39, 0.29) is 16.6 Å². The zero-order valence-electron chi connectivity index (χ0n) is 19.0. The lowest BCUT2D eigenvalue weighted by molar-refractivity contribution is 0.0997. The van der Waals surface area contributed by atoms with E-state index in [2.05, 4.69) is 18.0 Å². The third kappa shape index (κ3) is 4.20. The number of unbranched alkanes of at least 4 members (excludes halogenated alkanes) is 2. The van der Waals surface area contributed by atoms with Crippen molar-refractivity contribution in [2.75, 3.05) is 0 Å². The van der Waals surface area contributed by atoms with Crippen molar-refractivity contribution >= 4 is 22.6 Å². The van der Waals surface area contributed by atoms with E-state index < -0.39 is 5.91 Å². The number of benzene rings is 1. The van der Waals surface area contributed by atoms with Crippen LogP contribution in [0.1, 0.15) is 53.2 Å². The number of nitriles is 1. The Balaban J connectivity index is 2.03. The van der Waals surface area contributed by atoms with E-state index in [1.54, 1.807) is 35.0 Å². The fourth-order valence-corrected chi connectivity index (χ4v) is 3.85. The van der Waals surface area contributed by atoms with Gasteiger partial charge in [-0.2, -0.15) is 10.3 Å². The van der Waals surface area contributed by atoms with Crippen molar-refractivity contribution in [3.63, 3.8) is 0 Å². The van der Waals surface area contributed by atoms with Crippen molar-refractivity contribution in [1.82, 2.24) is 14.0 Å². The van der Waals surface area contributed by atoms with Gasteiger partial charge in [0.25, 0.3) is 11.5 Å². The van der Waals surface area contributed by atoms with Crippen LogP contribution >= 0.6 is 0 Å². The lowest BCUT2D eigenvalue weighted by Crippen LogP contribution is -2.29. The Morgan fingerprint density at radius 3 is 2.67 bits per heavy atom. The molecule has 0 N–H and O–H groups in total. The number of carbonyl (C=O) groups is 1. The van der Waals surface area contributed by atoms with E-state index in [1.807, 2.05) is 26.0 Å². The minimum absolute atomic E-state index is 0.172. The van der Waals surface area contributed by atoms with Gasteiger partial charge in [0.05, 0.1) is 10.9 Å². The van der Waals surface area contributed by atoms with E-state index in [0.717, 1.165) is 30.4 Å². The Hall–Kier alpha value is -4.05. The van der Waals surface area contributed by atoms with Crippen LogP contribution in [0.5, 0.6) is 0 Å². The fraction of sp³-hybridized carbons (Fsp3) is 0.269. The fourth-order valence-electron chi connectivity index (χ4n) is 3.85. The molecule has 166 valence electrons. The average Bonchev–Trinajstić information content (AvgIpc) is 2.82. The maximum Gasteiger partial charge on any atom is 0.279 e. The predicted octanol–water partition coefficient (Wildman–Crippen LogP) is 4.07. The highest BCUT2D eigenvalue weighted by molar-refractivity contribution is 5.95. The number of aromatic nitrogens is 3. The number of pyridine rings is 2. The molecule has 1 amide bonds. The summed E-state index contributed by atoms with van der Waals surface area (Å²) >= 11 is 0. The second-order valence-corrected chi connectivity index (χ2v) is 8.15. The summed E-state index contributed by atoms with van der Waals surface area (Å²) in [6.45, 7) is 6.51. The molecule has 33 heavy (non-hydrogen) atoms. The molecule has 0 radical (unpaired) electrons. The Morgan fingerprint density at radius 2 is 1.94 bits per heavy atom. The second-order valence-electron chi connectivity index (χ2n) is 8.15. The number of hydrogen-bond acceptors (Lipinski definition) is 4. The topological polar surface area (TPSA) is 92.5 Å². The number of hydrogen-bond donors (Lipinski definition) is 0. The summed E-state index contributed by atoms with van der Waals surface area (Å²) < 4.78 is 3.20. The van der Waals surface area contributed by atoms with Crippen molar-refractivity contribution in [3.05, 3.63) is 86.8 Å². The average molecular weight is 440 g/mol. The molecule has 1 aromatic carbocycles. The molecule has 0 aliphatic carbocycles. The van der Waals surface area contributed by atoms with Gasteiger partial charge < -0.3 is 4.57 Å². The first kappa shape index (κ1) is 22.2. The molecule has 0 spiro atoms. The molecule has 0 aliphatic heterocycles. The summed E-state index contributed by atoms with van der Waals surface area (Å²) in [4.78, 5) is 35.3. The van der Waals surface area contributed by atoms with Gasteiger partial charge in [-0.15, -0.1) is 0 Å². The molecule has 4 rings (SSSR count). The molecule has 3 heterocycles. The van der Waals surface area contributed by atoms with Crippen LogP contribution < -0.4 is 11.0 Å². The standard InChI is InChI=1S/C26H25N5O2/c1-4-5-7-13-31-23(29-25(32)19-11-10-17(2)18(3)14-19)20(16-27)15-21-24(31)28-22-9-6-8-12-30(22)26(21)33/h6,8-12,14-15H,4-5,7,13H2,1-3H3. The predicted molar refractivity (Wildman–Crippen MR) is 127 cm³/mol. The van der Waals surface area contributed by atoms with E-state index >= 15 is 0 Å². The molecule has 0 unspecified atom stereocenters. The second kappa shape index (κ2) is 9.21. The Kier molecular flexibility index (Phi) is 6.18. The quantitative estimate of drug-likeness (QED) is 0.346. The SMILES string of the molecule is CCCCCn1c(=NC(=O)c2ccc(C)c(C)c2)c(C#N)cc2c(=O)n3ccccc3nc21. The van der Waals surface area contributed by atoms with Crippen LogP contribution in [-0.2, 0) is 6.54 Å².